The van der Waals surface area contributed by atoms with E-state index in [0.29, 0.717) is 25.2 Å². The van der Waals surface area contributed by atoms with Crippen LogP contribution in [0.25, 0.3) is 0 Å². The molecule has 0 aliphatic carbocycles. The first kappa shape index (κ1) is 18.6. The number of hydrogen-bond donors (Lipinski definition) is 1. The SMILES string of the molecule is C#CCCC1(CCC(=O)Nc2cccc(CC3CCCN(C)C3)c2)N=N1. The Labute approximate surface area is 156 Å². The van der Waals surface area contributed by atoms with Crippen molar-refractivity contribution in [3.8, 4) is 12.3 Å². The Morgan fingerprint density at radius 2 is 2.27 bits per heavy atom. The number of benzene rings is 1. The van der Waals surface area contributed by atoms with Crippen molar-refractivity contribution in [3.05, 3.63) is 29.8 Å². The molecule has 1 saturated heterocycles. The molecule has 1 atom stereocenters. The van der Waals surface area contributed by atoms with E-state index in [2.05, 4.69) is 45.5 Å². The smallest absolute Gasteiger partial charge is 0.224 e. The quantitative estimate of drug-likeness (QED) is 0.722. The van der Waals surface area contributed by atoms with Gasteiger partial charge in [0.05, 0.1) is 0 Å². The Kier molecular flexibility index (Phi) is 6.05. The standard InChI is InChI=1S/C21H28N4O/c1-3-4-11-21(23-24-21)12-10-20(26)22-19-9-5-7-17(15-19)14-18-8-6-13-25(2)16-18/h1,5,7,9,15,18H,4,6,8,10-14,16H2,2H3,(H,22,26). The molecule has 26 heavy (non-hydrogen) atoms. The Hall–Kier alpha value is -2.19. The lowest BCUT2D eigenvalue weighted by Gasteiger charge is -2.29. The van der Waals surface area contributed by atoms with Crippen LogP contribution in [0.15, 0.2) is 34.5 Å². The molecule has 0 bridgehead atoms. The molecule has 138 valence electrons. The minimum absolute atomic E-state index is 0.0110. The van der Waals surface area contributed by atoms with Crippen molar-refractivity contribution in [2.45, 2.75) is 50.6 Å². The molecule has 0 saturated carbocycles. The van der Waals surface area contributed by atoms with E-state index in [9.17, 15) is 4.79 Å². The van der Waals surface area contributed by atoms with Crippen molar-refractivity contribution in [1.82, 2.24) is 4.90 Å². The zero-order valence-corrected chi connectivity index (χ0v) is 15.6. The first-order chi connectivity index (χ1) is 12.6. The number of nitrogens with one attached hydrogen (secondary N) is 1. The van der Waals surface area contributed by atoms with E-state index in [1.165, 1.54) is 24.9 Å². The number of likely N-dealkylation sites (tertiary alicyclic amines) is 1. The maximum absolute atomic E-state index is 12.3. The van der Waals surface area contributed by atoms with E-state index in [1.807, 2.05) is 12.1 Å². The van der Waals surface area contributed by atoms with Crippen LogP contribution in [0.2, 0.25) is 0 Å². The predicted octanol–water partition coefficient (Wildman–Crippen LogP) is 3.87. The number of carbonyl (C=O) groups is 1. The Bertz CT molecular complexity index is 700. The third kappa shape index (κ3) is 5.40. The summed E-state index contributed by atoms with van der Waals surface area (Å²) in [6, 6.07) is 8.24. The zero-order chi connectivity index (χ0) is 18.4. The summed E-state index contributed by atoms with van der Waals surface area (Å²) in [7, 11) is 2.19. The molecule has 1 unspecified atom stereocenters. The van der Waals surface area contributed by atoms with Gasteiger partial charge in [0.15, 0.2) is 5.66 Å². The molecule has 5 heteroatoms. The molecule has 1 aromatic carbocycles. The highest BCUT2D eigenvalue weighted by Gasteiger charge is 2.39. The van der Waals surface area contributed by atoms with Crippen molar-refractivity contribution >= 4 is 11.6 Å². The summed E-state index contributed by atoms with van der Waals surface area (Å²) in [5, 5.41) is 11.2. The fourth-order valence-electron chi connectivity index (χ4n) is 3.75. The molecule has 2 aliphatic rings. The monoisotopic (exact) mass is 352 g/mol. The van der Waals surface area contributed by atoms with Crippen LogP contribution in [-0.4, -0.2) is 36.6 Å². The summed E-state index contributed by atoms with van der Waals surface area (Å²) >= 11 is 0. The third-order valence-electron chi connectivity index (χ3n) is 5.26. The van der Waals surface area contributed by atoms with Gasteiger partial charge in [-0.1, -0.05) is 12.1 Å². The summed E-state index contributed by atoms with van der Waals surface area (Å²) in [4.78, 5) is 14.7. The van der Waals surface area contributed by atoms with Gasteiger partial charge in [-0.05, 0) is 56.5 Å². The number of nitrogens with zero attached hydrogens (tertiary/aromatic N) is 3. The largest absolute Gasteiger partial charge is 0.326 e. The number of amides is 1. The summed E-state index contributed by atoms with van der Waals surface area (Å²) in [5.41, 5.74) is 1.78. The predicted molar refractivity (Wildman–Crippen MR) is 104 cm³/mol. The van der Waals surface area contributed by atoms with Gasteiger partial charge in [0, 0.05) is 37.9 Å². The van der Waals surface area contributed by atoms with Gasteiger partial charge in [-0.25, -0.2) is 0 Å². The summed E-state index contributed by atoms with van der Waals surface area (Å²) < 4.78 is 0. The van der Waals surface area contributed by atoms with Crippen LogP contribution in [0.3, 0.4) is 0 Å². The van der Waals surface area contributed by atoms with Gasteiger partial charge in [-0.3, -0.25) is 4.79 Å². The van der Waals surface area contributed by atoms with Crippen LogP contribution in [0.5, 0.6) is 0 Å². The summed E-state index contributed by atoms with van der Waals surface area (Å²) in [6.45, 7) is 2.36. The van der Waals surface area contributed by atoms with Crippen molar-refractivity contribution in [2.75, 3.05) is 25.5 Å². The second kappa shape index (κ2) is 8.46. The van der Waals surface area contributed by atoms with Crippen LogP contribution in [0.1, 0.15) is 44.1 Å². The lowest BCUT2D eigenvalue weighted by molar-refractivity contribution is -0.116. The minimum Gasteiger partial charge on any atom is -0.326 e. The molecule has 1 amide bonds. The van der Waals surface area contributed by atoms with Gasteiger partial charge >= 0.3 is 0 Å². The minimum atomic E-state index is -0.390. The van der Waals surface area contributed by atoms with Crippen molar-refractivity contribution in [1.29, 1.82) is 0 Å². The molecule has 0 spiro atoms. The molecule has 1 aromatic rings. The Morgan fingerprint density at radius 3 is 3.00 bits per heavy atom. The topological polar surface area (TPSA) is 57.1 Å². The fourth-order valence-corrected chi connectivity index (χ4v) is 3.75. The van der Waals surface area contributed by atoms with Crippen LogP contribution < -0.4 is 5.32 Å². The van der Waals surface area contributed by atoms with Crippen LogP contribution >= 0.6 is 0 Å². The van der Waals surface area contributed by atoms with Gasteiger partial charge in [-0.15, -0.1) is 12.3 Å². The third-order valence-corrected chi connectivity index (χ3v) is 5.26. The molecule has 1 N–H and O–H groups in total. The fraction of sp³-hybridized carbons (Fsp3) is 0.571. The van der Waals surface area contributed by atoms with Crippen molar-refractivity contribution in [2.24, 2.45) is 16.1 Å². The molecule has 5 nitrogen and oxygen atoms in total. The first-order valence-electron chi connectivity index (χ1n) is 9.53. The highest BCUT2D eigenvalue weighted by Crippen LogP contribution is 2.37. The van der Waals surface area contributed by atoms with Gasteiger partial charge in [0.25, 0.3) is 0 Å². The van der Waals surface area contributed by atoms with Crippen LogP contribution in [-0.2, 0) is 11.2 Å². The molecule has 0 aromatic heterocycles. The van der Waals surface area contributed by atoms with Gasteiger partial charge in [-0.2, -0.15) is 10.2 Å². The number of anilines is 1. The number of carbonyl (C=O) groups excluding carboxylic acids is 1. The average Bonchev–Trinajstić information content (AvgIpc) is 3.39. The van der Waals surface area contributed by atoms with E-state index in [0.717, 1.165) is 25.1 Å². The molecular formula is C21H28N4O. The summed E-state index contributed by atoms with van der Waals surface area (Å²) in [6.07, 6.45) is 11.4. The lowest BCUT2D eigenvalue weighted by atomic mass is 9.91. The molecular weight excluding hydrogens is 324 g/mol. The highest BCUT2D eigenvalue weighted by molar-refractivity contribution is 5.90. The molecule has 2 heterocycles. The number of rotatable bonds is 8. The molecule has 3 rings (SSSR count). The van der Waals surface area contributed by atoms with E-state index in [4.69, 9.17) is 6.42 Å². The maximum atomic E-state index is 12.3. The number of terminal acetylenes is 1. The number of piperidine rings is 1. The Morgan fingerprint density at radius 1 is 1.42 bits per heavy atom. The second-order valence-electron chi connectivity index (χ2n) is 7.61. The van der Waals surface area contributed by atoms with Crippen LogP contribution in [0, 0.1) is 18.3 Å². The van der Waals surface area contributed by atoms with Crippen molar-refractivity contribution in [3.63, 3.8) is 0 Å². The molecule has 1 fully saturated rings. The van der Waals surface area contributed by atoms with Crippen molar-refractivity contribution < 1.29 is 4.79 Å². The maximum Gasteiger partial charge on any atom is 0.224 e. The Balaban J connectivity index is 1.47. The normalized spacial score (nSPS) is 21.2. The lowest BCUT2D eigenvalue weighted by Crippen LogP contribution is -2.32. The van der Waals surface area contributed by atoms with E-state index >= 15 is 0 Å². The van der Waals surface area contributed by atoms with Gasteiger partial charge in [0.1, 0.15) is 0 Å². The van der Waals surface area contributed by atoms with Gasteiger partial charge in [0.2, 0.25) is 5.91 Å². The van der Waals surface area contributed by atoms with Gasteiger partial charge < -0.3 is 10.2 Å². The highest BCUT2D eigenvalue weighted by atomic mass is 16.1. The first-order valence-corrected chi connectivity index (χ1v) is 9.53. The van der Waals surface area contributed by atoms with E-state index in [-0.39, 0.29) is 5.91 Å². The average molecular weight is 352 g/mol. The molecule has 2 aliphatic heterocycles. The zero-order valence-electron chi connectivity index (χ0n) is 15.6. The molecule has 0 radical (unpaired) electrons. The van der Waals surface area contributed by atoms with E-state index in [1.54, 1.807) is 0 Å². The summed E-state index contributed by atoms with van der Waals surface area (Å²) in [5.74, 6) is 3.32. The number of hydrogen-bond acceptors (Lipinski definition) is 4. The second-order valence-corrected chi connectivity index (χ2v) is 7.61. The van der Waals surface area contributed by atoms with E-state index < -0.39 is 5.66 Å². The van der Waals surface area contributed by atoms with Crippen LogP contribution in [0.4, 0.5) is 5.69 Å².